The van der Waals surface area contributed by atoms with E-state index >= 15 is 0 Å². The number of hydrogen-bond acceptors (Lipinski definition) is 3. The maximum absolute atomic E-state index is 12.4. The quantitative estimate of drug-likeness (QED) is 0.844. The van der Waals surface area contributed by atoms with Crippen LogP contribution >= 0.6 is 0 Å². The first-order valence-electron chi connectivity index (χ1n) is 6.55. The summed E-state index contributed by atoms with van der Waals surface area (Å²) >= 11 is 0. The van der Waals surface area contributed by atoms with Gasteiger partial charge in [0.05, 0.1) is 12.6 Å². The normalized spacial score (nSPS) is 13.1. The summed E-state index contributed by atoms with van der Waals surface area (Å²) in [6.07, 6.45) is 0. The van der Waals surface area contributed by atoms with E-state index in [9.17, 15) is 4.79 Å². The molecule has 0 fully saturated rings. The van der Waals surface area contributed by atoms with Gasteiger partial charge in [-0.15, -0.1) is 0 Å². The highest BCUT2D eigenvalue weighted by atomic mass is 16.3. The summed E-state index contributed by atoms with van der Waals surface area (Å²) in [7, 11) is 0. The lowest BCUT2D eigenvalue weighted by Gasteiger charge is -2.31. The molecule has 0 aliphatic rings. The molecule has 0 saturated heterocycles. The SMILES string of the molecule is CC(C)(C)[C@H](N)C(=O)N(CCO)Cc1ccccc1. The van der Waals surface area contributed by atoms with E-state index in [0.29, 0.717) is 13.1 Å². The van der Waals surface area contributed by atoms with E-state index in [4.69, 9.17) is 10.8 Å². The van der Waals surface area contributed by atoms with Crippen LogP contribution in [0.1, 0.15) is 26.3 Å². The van der Waals surface area contributed by atoms with Gasteiger partial charge in [-0.3, -0.25) is 4.79 Å². The van der Waals surface area contributed by atoms with E-state index < -0.39 is 6.04 Å². The third kappa shape index (κ3) is 4.65. The standard InChI is InChI=1S/C15H24N2O2/c1-15(2,3)13(16)14(19)17(9-10-18)11-12-7-5-4-6-8-12/h4-8,13,18H,9-11,16H2,1-3H3/t13-/m1/s1. The van der Waals surface area contributed by atoms with Gasteiger partial charge in [-0.05, 0) is 11.0 Å². The molecule has 0 heterocycles. The van der Waals surface area contributed by atoms with E-state index in [1.165, 1.54) is 0 Å². The molecule has 1 aromatic carbocycles. The predicted octanol–water partition coefficient (Wildman–Crippen LogP) is 1.38. The molecule has 4 nitrogen and oxygen atoms in total. The second-order valence-corrected chi connectivity index (χ2v) is 5.81. The molecule has 3 N–H and O–H groups in total. The second-order valence-electron chi connectivity index (χ2n) is 5.81. The van der Waals surface area contributed by atoms with Crippen molar-refractivity contribution in [2.75, 3.05) is 13.2 Å². The average molecular weight is 264 g/mol. The summed E-state index contributed by atoms with van der Waals surface area (Å²) in [6.45, 7) is 6.54. The van der Waals surface area contributed by atoms with Crippen molar-refractivity contribution in [2.24, 2.45) is 11.1 Å². The van der Waals surface area contributed by atoms with Crippen molar-refractivity contribution in [1.29, 1.82) is 0 Å². The van der Waals surface area contributed by atoms with E-state index in [1.807, 2.05) is 51.1 Å². The van der Waals surface area contributed by atoms with Gasteiger partial charge < -0.3 is 15.7 Å². The largest absolute Gasteiger partial charge is 0.395 e. The van der Waals surface area contributed by atoms with Crippen LogP contribution in [-0.4, -0.2) is 35.1 Å². The molecule has 0 aliphatic carbocycles. The highest BCUT2D eigenvalue weighted by molar-refractivity contribution is 5.82. The summed E-state index contributed by atoms with van der Waals surface area (Å²) in [5.74, 6) is -0.120. The van der Waals surface area contributed by atoms with Gasteiger partial charge in [-0.25, -0.2) is 0 Å². The number of amides is 1. The Morgan fingerprint density at radius 3 is 2.37 bits per heavy atom. The molecule has 0 unspecified atom stereocenters. The lowest BCUT2D eigenvalue weighted by atomic mass is 9.86. The van der Waals surface area contributed by atoms with Crippen molar-refractivity contribution in [3.8, 4) is 0 Å². The summed E-state index contributed by atoms with van der Waals surface area (Å²) < 4.78 is 0. The van der Waals surface area contributed by atoms with Crippen LogP contribution in [0.3, 0.4) is 0 Å². The Bertz CT molecular complexity index is 398. The average Bonchev–Trinajstić information content (AvgIpc) is 2.36. The number of nitrogens with two attached hydrogens (primary N) is 1. The minimum absolute atomic E-state index is 0.0601. The minimum atomic E-state index is -0.567. The molecule has 1 rings (SSSR count). The smallest absolute Gasteiger partial charge is 0.240 e. The summed E-state index contributed by atoms with van der Waals surface area (Å²) in [6, 6.07) is 9.15. The molecular weight excluding hydrogens is 240 g/mol. The molecule has 0 spiro atoms. The van der Waals surface area contributed by atoms with Crippen LogP contribution in [0.25, 0.3) is 0 Å². The molecule has 0 aliphatic heterocycles. The van der Waals surface area contributed by atoms with E-state index in [1.54, 1.807) is 4.90 Å². The molecule has 0 radical (unpaired) electrons. The minimum Gasteiger partial charge on any atom is -0.395 e. The van der Waals surface area contributed by atoms with Gasteiger partial charge in [-0.1, -0.05) is 51.1 Å². The number of carbonyl (C=O) groups excluding carboxylic acids is 1. The third-order valence-corrected chi connectivity index (χ3v) is 3.10. The Kier molecular flexibility index (Phi) is 5.51. The van der Waals surface area contributed by atoms with Gasteiger partial charge in [0.2, 0.25) is 5.91 Å². The number of benzene rings is 1. The summed E-state index contributed by atoms with van der Waals surface area (Å²) in [5, 5.41) is 9.11. The number of carbonyl (C=O) groups is 1. The Labute approximate surface area is 115 Å². The predicted molar refractivity (Wildman–Crippen MR) is 76.4 cm³/mol. The highest BCUT2D eigenvalue weighted by Gasteiger charge is 2.30. The van der Waals surface area contributed by atoms with Crippen molar-refractivity contribution >= 4 is 5.91 Å². The molecule has 0 saturated carbocycles. The van der Waals surface area contributed by atoms with Crippen molar-refractivity contribution < 1.29 is 9.90 Å². The van der Waals surface area contributed by atoms with Crippen LogP contribution in [0, 0.1) is 5.41 Å². The van der Waals surface area contributed by atoms with Crippen LogP contribution in [0.5, 0.6) is 0 Å². The molecule has 106 valence electrons. The van der Waals surface area contributed by atoms with E-state index in [-0.39, 0.29) is 17.9 Å². The van der Waals surface area contributed by atoms with Crippen LogP contribution in [0.2, 0.25) is 0 Å². The zero-order valence-electron chi connectivity index (χ0n) is 12.0. The molecule has 1 amide bonds. The van der Waals surface area contributed by atoms with Crippen molar-refractivity contribution in [3.63, 3.8) is 0 Å². The Balaban J connectivity index is 2.80. The second kappa shape index (κ2) is 6.68. The summed E-state index contributed by atoms with van der Waals surface area (Å²) in [4.78, 5) is 14.0. The van der Waals surface area contributed by atoms with Crippen LogP contribution in [0.4, 0.5) is 0 Å². The Morgan fingerprint density at radius 1 is 1.32 bits per heavy atom. The first-order valence-corrected chi connectivity index (χ1v) is 6.55. The van der Waals surface area contributed by atoms with E-state index in [0.717, 1.165) is 5.56 Å². The first-order chi connectivity index (χ1) is 8.86. The van der Waals surface area contributed by atoms with Crippen LogP contribution in [0.15, 0.2) is 30.3 Å². The van der Waals surface area contributed by atoms with Crippen molar-refractivity contribution in [2.45, 2.75) is 33.4 Å². The van der Waals surface area contributed by atoms with Crippen LogP contribution < -0.4 is 5.73 Å². The van der Waals surface area contributed by atoms with Gasteiger partial charge in [0.1, 0.15) is 0 Å². The fourth-order valence-corrected chi connectivity index (χ4v) is 1.76. The zero-order chi connectivity index (χ0) is 14.5. The molecular formula is C15H24N2O2. The molecule has 4 heteroatoms. The number of rotatable bonds is 5. The fourth-order valence-electron chi connectivity index (χ4n) is 1.76. The number of aliphatic hydroxyl groups excluding tert-OH is 1. The Morgan fingerprint density at radius 2 is 1.89 bits per heavy atom. The third-order valence-electron chi connectivity index (χ3n) is 3.10. The molecule has 1 aromatic rings. The lowest BCUT2D eigenvalue weighted by Crippen LogP contribution is -2.50. The number of nitrogens with zero attached hydrogens (tertiary/aromatic N) is 1. The fraction of sp³-hybridized carbons (Fsp3) is 0.533. The topological polar surface area (TPSA) is 66.6 Å². The van der Waals surface area contributed by atoms with Crippen LogP contribution in [-0.2, 0) is 11.3 Å². The number of hydrogen-bond donors (Lipinski definition) is 2. The lowest BCUT2D eigenvalue weighted by molar-refractivity contribution is -0.136. The zero-order valence-corrected chi connectivity index (χ0v) is 12.0. The number of aliphatic hydroxyl groups is 1. The maximum atomic E-state index is 12.4. The maximum Gasteiger partial charge on any atom is 0.240 e. The van der Waals surface area contributed by atoms with E-state index in [2.05, 4.69) is 0 Å². The highest BCUT2D eigenvalue weighted by Crippen LogP contribution is 2.19. The van der Waals surface area contributed by atoms with Crippen molar-refractivity contribution in [3.05, 3.63) is 35.9 Å². The molecule has 0 aromatic heterocycles. The molecule has 19 heavy (non-hydrogen) atoms. The van der Waals surface area contributed by atoms with Gasteiger partial charge in [-0.2, -0.15) is 0 Å². The van der Waals surface area contributed by atoms with Gasteiger partial charge in [0, 0.05) is 13.1 Å². The monoisotopic (exact) mass is 264 g/mol. The molecule has 1 atom stereocenters. The first kappa shape index (κ1) is 15.7. The van der Waals surface area contributed by atoms with Gasteiger partial charge in [0.25, 0.3) is 0 Å². The van der Waals surface area contributed by atoms with Gasteiger partial charge in [0.15, 0.2) is 0 Å². The Hall–Kier alpha value is -1.39. The summed E-state index contributed by atoms with van der Waals surface area (Å²) in [5.41, 5.74) is 6.75. The van der Waals surface area contributed by atoms with Gasteiger partial charge >= 0.3 is 0 Å². The van der Waals surface area contributed by atoms with Crippen molar-refractivity contribution in [1.82, 2.24) is 4.90 Å². The molecule has 0 bridgehead atoms.